The van der Waals surface area contributed by atoms with Crippen LogP contribution in [0.3, 0.4) is 0 Å². The third kappa shape index (κ3) is 7.25. The van der Waals surface area contributed by atoms with Crippen LogP contribution in [0.5, 0.6) is 0 Å². The van der Waals surface area contributed by atoms with E-state index in [1.54, 1.807) is 6.92 Å². The molecule has 174 valence electrons. The number of carbonyl (C=O) groups is 2. The molecule has 0 aliphatic heterocycles. The highest BCUT2D eigenvalue weighted by Gasteiger charge is 2.26. The smallest absolute Gasteiger partial charge is 0.311 e. The van der Waals surface area contributed by atoms with Crippen LogP contribution in [0.25, 0.3) is 11.1 Å². The van der Waals surface area contributed by atoms with Gasteiger partial charge < -0.3 is 14.8 Å². The Morgan fingerprint density at radius 1 is 1.00 bits per heavy atom. The van der Waals surface area contributed by atoms with Gasteiger partial charge in [-0.05, 0) is 43.4 Å². The Balaban J connectivity index is 1.76. The summed E-state index contributed by atoms with van der Waals surface area (Å²) < 4.78 is 10.8. The summed E-state index contributed by atoms with van der Waals surface area (Å²) in [6.45, 7) is 4.66. The fraction of sp³-hybridized carbons (Fsp3) is 0.360. The lowest BCUT2D eigenvalue weighted by molar-refractivity contribution is -0.150. The third-order valence-corrected chi connectivity index (χ3v) is 5.24. The Morgan fingerprint density at radius 2 is 1.73 bits per heavy atom. The summed E-state index contributed by atoms with van der Waals surface area (Å²) in [5.74, 6) is -1.17. The lowest BCUT2D eigenvalue weighted by Crippen LogP contribution is -2.40. The number of nitrogens with zero attached hydrogens (tertiary/aromatic N) is 2. The number of esters is 1. The molecule has 1 heterocycles. The lowest BCUT2D eigenvalue weighted by atomic mass is 9.94. The zero-order chi connectivity index (χ0) is 23.5. The monoisotopic (exact) mass is 450 g/mol. The minimum atomic E-state index is -0.490. The van der Waals surface area contributed by atoms with E-state index in [1.165, 1.54) is 6.20 Å². The second-order valence-electron chi connectivity index (χ2n) is 7.64. The maximum atomic E-state index is 12.7. The van der Waals surface area contributed by atoms with Crippen LogP contribution in [0.2, 0.25) is 0 Å². The molecular weight excluding hydrogens is 420 g/mol. The van der Waals surface area contributed by atoms with Gasteiger partial charge in [-0.3, -0.25) is 9.59 Å². The number of ether oxygens (including phenoxy) is 2. The molecule has 0 radical (unpaired) electrons. The molecule has 0 saturated heterocycles. The van der Waals surface area contributed by atoms with Gasteiger partial charge in [-0.2, -0.15) is 15.4 Å². The highest BCUT2D eigenvalue weighted by molar-refractivity contribution is 5.92. The minimum absolute atomic E-state index is 0.192. The average Bonchev–Trinajstić information content (AvgIpc) is 3.38. The van der Waals surface area contributed by atoms with Crippen LogP contribution in [-0.2, 0) is 20.7 Å². The Morgan fingerprint density at radius 3 is 2.36 bits per heavy atom. The first-order valence-corrected chi connectivity index (χ1v) is 11.2. The van der Waals surface area contributed by atoms with Crippen LogP contribution in [0.15, 0.2) is 60.8 Å². The number of hydrogen-bond acceptors (Lipinski definition) is 6. The molecule has 33 heavy (non-hydrogen) atoms. The number of hydrogen-bond donors (Lipinski definition) is 2. The van der Waals surface area contributed by atoms with Crippen molar-refractivity contribution in [3.63, 3.8) is 0 Å². The van der Waals surface area contributed by atoms with E-state index >= 15 is 0 Å². The molecule has 0 bridgehead atoms. The molecule has 8 heteroatoms. The summed E-state index contributed by atoms with van der Waals surface area (Å²) in [7, 11) is 0. The van der Waals surface area contributed by atoms with Crippen molar-refractivity contribution in [2.75, 3.05) is 19.8 Å². The SMILES string of the molecule is CCOC[C@H](C[C@@H](Cc1ccc(-c2ccccc2)cc1)NC(=O)c1cn[nH]n1)C(=O)OCC. The first-order valence-electron chi connectivity index (χ1n) is 11.2. The molecule has 0 saturated carbocycles. The summed E-state index contributed by atoms with van der Waals surface area (Å²) in [5.41, 5.74) is 3.48. The molecule has 0 unspecified atom stereocenters. The number of aromatic amines is 1. The number of rotatable bonds is 12. The summed E-state index contributed by atoms with van der Waals surface area (Å²) in [6, 6.07) is 18.0. The Hall–Kier alpha value is -3.52. The van der Waals surface area contributed by atoms with Crippen molar-refractivity contribution in [3.8, 4) is 11.1 Å². The fourth-order valence-electron chi connectivity index (χ4n) is 3.61. The number of aromatic nitrogens is 3. The molecule has 1 aromatic heterocycles. The molecule has 3 rings (SSSR count). The summed E-state index contributed by atoms with van der Waals surface area (Å²) in [4.78, 5) is 25.2. The average molecular weight is 451 g/mol. The topological polar surface area (TPSA) is 106 Å². The number of nitrogens with one attached hydrogen (secondary N) is 2. The highest BCUT2D eigenvalue weighted by Crippen LogP contribution is 2.21. The van der Waals surface area contributed by atoms with Crippen LogP contribution in [0.4, 0.5) is 0 Å². The second-order valence-corrected chi connectivity index (χ2v) is 7.64. The molecule has 3 aromatic rings. The molecular formula is C25H30N4O4. The second kappa shape index (κ2) is 12.5. The summed E-state index contributed by atoms with van der Waals surface area (Å²) in [6.07, 6.45) is 2.29. The van der Waals surface area contributed by atoms with Gasteiger partial charge in [0.1, 0.15) is 0 Å². The van der Waals surface area contributed by atoms with Crippen LogP contribution < -0.4 is 5.32 Å². The van der Waals surface area contributed by atoms with Crippen LogP contribution >= 0.6 is 0 Å². The van der Waals surface area contributed by atoms with Crippen LogP contribution in [0, 0.1) is 5.92 Å². The standard InChI is InChI=1S/C25H30N4O4/c1-3-32-17-21(25(31)33-4-2)15-22(27-24(30)23-16-26-29-28-23)14-18-10-12-20(13-11-18)19-8-6-5-7-9-19/h5-13,16,21-22H,3-4,14-15,17H2,1-2H3,(H,27,30)(H,26,28,29)/t21-,22+/m0/s1. The molecule has 2 aromatic carbocycles. The van der Waals surface area contributed by atoms with Gasteiger partial charge >= 0.3 is 5.97 Å². The lowest BCUT2D eigenvalue weighted by Gasteiger charge is -2.23. The molecule has 0 spiro atoms. The molecule has 1 amide bonds. The first-order chi connectivity index (χ1) is 16.1. The van der Waals surface area contributed by atoms with Crippen molar-refractivity contribution in [2.24, 2.45) is 5.92 Å². The van der Waals surface area contributed by atoms with Crippen molar-refractivity contribution in [1.29, 1.82) is 0 Å². The Labute approximate surface area is 193 Å². The van der Waals surface area contributed by atoms with Gasteiger partial charge in [0.25, 0.3) is 5.91 Å². The zero-order valence-corrected chi connectivity index (χ0v) is 19.0. The van der Waals surface area contributed by atoms with E-state index in [1.807, 2.05) is 37.3 Å². The maximum Gasteiger partial charge on any atom is 0.311 e. The van der Waals surface area contributed by atoms with E-state index in [9.17, 15) is 9.59 Å². The number of benzene rings is 2. The Bertz CT molecular complexity index is 991. The van der Waals surface area contributed by atoms with Gasteiger partial charge in [-0.15, -0.1) is 0 Å². The number of amides is 1. The van der Waals surface area contributed by atoms with Gasteiger partial charge in [-0.1, -0.05) is 54.6 Å². The number of carbonyl (C=O) groups excluding carboxylic acids is 2. The largest absolute Gasteiger partial charge is 0.466 e. The van der Waals surface area contributed by atoms with Crippen molar-refractivity contribution in [2.45, 2.75) is 32.7 Å². The minimum Gasteiger partial charge on any atom is -0.466 e. The van der Waals surface area contributed by atoms with E-state index in [-0.39, 0.29) is 30.2 Å². The summed E-state index contributed by atoms with van der Waals surface area (Å²) in [5, 5.41) is 13.0. The molecule has 0 fully saturated rings. The van der Waals surface area contributed by atoms with E-state index < -0.39 is 5.92 Å². The fourth-order valence-corrected chi connectivity index (χ4v) is 3.61. The van der Waals surface area contributed by atoms with E-state index in [0.717, 1.165) is 16.7 Å². The maximum absolute atomic E-state index is 12.7. The van der Waals surface area contributed by atoms with Crippen LogP contribution in [-0.4, -0.2) is 53.1 Å². The Kier molecular flexibility index (Phi) is 9.14. The van der Waals surface area contributed by atoms with Crippen molar-refractivity contribution in [1.82, 2.24) is 20.7 Å². The first kappa shape index (κ1) is 24.1. The van der Waals surface area contributed by atoms with E-state index in [0.29, 0.717) is 26.1 Å². The van der Waals surface area contributed by atoms with Gasteiger partial charge in [0.15, 0.2) is 5.69 Å². The van der Waals surface area contributed by atoms with Gasteiger partial charge in [0.2, 0.25) is 0 Å². The predicted octanol–water partition coefficient (Wildman–Crippen LogP) is 3.42. The zero-order valence-electron chi connectivity index (χ0n) is 19.0. The molecule has 2 N–H and O–H groups in total. The third-order valence-electron chi connectivity index (χ3n) is 5.24. The van der Waals surface area contributed by atoms with Crippen molar-refractivity contribution >= 4 is 11.9 Å². The highest BCUT2D eigenvalue weighted by atomic mass is 16.5. The molecule has 2 atom stereocenters. The molecule has 0 aliphatic carbocycles. The van der Waals surface area contributed by atoms with Crippen molar-refractivity contribution in [3.05, 3.63) is 72.1 Å². The summed E-state index contributed by atoms with van der Waals surface area (Å²) >= 11 is 0. The predicted molar refractivity (Wildman–Crippen MR) is 124 cm³/mol. The molecule has 8 nitrogen and oxygen atoms in total. The number of H-pyrrole nitrogens is 1. The normalized spacial score (nSPS) is 12.7. The van der Waals surface area contributed by atoms with Crippen molar-refractivity contribution < 1.29 is 19.1 Å². The van der Waals surface area contributed by atoms with Gasteiger partial charge in [-0.25, -0.2) is 0 Å². The molecule has 0 aliphatic rings. The van der Waals surface area contributed by atoms with E-state index in [2.05, 4.69) is 45.0 Å². The van der Waals surface area contributed by atoms with Crippen LogP contribution in [0.1, 0.15) is 36.3 Å². The van der Waals surface area contributed by atoms with Gasteiger partial charge in [0, 0.05) is 12.6 Å². The quantitative estimate of drug-likeness (QED) is 0.410. The van der Waals surface area contributed by atoms with E-state index in [4.69, 9.17) is 9.47 Å². The van der Waals surface area contributed by atoms with Gasteiger partial charge in [0.05, 0.1) is 25.3 Å².